The number of benzene rings is 1. The van der Waals surface area contributed by atoms with Crippen molar-refractivity contribution in [3.63, 3.8) is 0 Å². The van der Waals surface area contributed by atoms with E-state index in [1.807, 2.05) is 63.4 Å². The average molecular weight is 520 g/mol. The largest absolute Gasteiger partial charge is 0.478 e. The Kier molecular flexibility index (Phi) is 7.57. The average Bonchev–Trinajstić information content (AvgIpc) is 3.55. The summed E-state index contributed by atoms with van der Waals surface area (Å²) < 4.78 is 18.3. The first kappa shape index (κ1) is 25.7. The van der Waals surface area contributed by atoms with Gasteiger partial charge in [0, 0.05) is 60.7 Å². The molecule has 1 fully saturated rings. The van der Waals surface area contributed by atoms with Gasteiger partial charge in [0.1, 0.15) is 5.76 Å². The zero-order chi connectivity index (χ0) is 26.5. The summed E-state index contributed by atoms with van der Waals surface area (Å²) in [6.45, 7) is 11.2. The van der Waals surface area contributed by atoms with Crippen molar-refractivity contribution in [2.45, 2.75) is 32.6 Å². The van der Waals surface area contributed by atoms with Crippen LogP contribution in [-0.4, -0.2) is 70.1 Å². The lowest BCUT2D eigenvalue weighted by molar-refractivity contribution is 0.0357. The maximum atomic E-state index is 12.4. The summed E-state index contributed by atoms with van der Waals surface area (Å²) in [6, 6.07) is 12.5. The summed E-state index contributed by atoms with van der Waals surface area (Å²) in [5.74, 6) is 1.64. The molecular weight excluding hydrogens is 486 g/mol. The molecule has 5 rings (SSSR count). The number of nitrogens with zero attached hydrogens (tertiary/aromatic N) is 5. The minimum atomic E-state index is -0.402. The Hall–Kier alpha value is -3.96. The molecule has 0 atom stereocenters. The Bertz CT molecular complexity index is 1370. The van der Waals surface area contributed by atoms with Crippen LogP contribution in [-0.2, 0) is 10.2 Å². The molecule has 0 radical (unpaired) electrons. The van der Waals surface area contributed by atoms with E-state index in [4.69, 9.17) is 14.0 Å². The number of fused-ring (bicyclic) bond motifs is 1. The molecule has 3 aromatic heterocycles. The van der Waals surface area contributed by atoms with E-state index in [0.29, 0.717) is 35.4 Å². The van der Waals surface area contributed by atoms with Crippen LogP contribution in [0.1, 0.15) is 33.0 Å². The lowest BCUT2D eigenvalue weighted by Gasteiger charge is -2.26. The lowest BCUT2D eigenvalue weighted by Crippen LogP contribution is -2.37. The summed E-state index contributed by atoms with van der Waals surface area (Å²) in [5, 5.41) is 14.0. The van der Waals surface area contributed by atoms with E-state index >= 15 is 0 Å². The van der Waals surface area contributed by atoms with Crippen molar-refractivity contribution in [1.29, 1.82) is 0 Å². The minimum absolute atomic E-state index is 0.190. The molecule has 200 valence electrons. The number of rotatable bonds is 8. The number of anilines is 2. The van der Waals surface area contributed by atoms with Crippen LogP contribution in [0.5, 0.6) is 5.88 Å². The number of hydrogen-bond donors (Lipinski definition) is 2. The second kappa shape index (κ2) is 11.2. The third-order valence-electron chi connectivity index (χ3n) is 6.20. The van der Waals surface area contributed by atoms with Crippen LogP contribution in [0.4, 0.5) is 16.3 Å². The smallest absolute Gasteiger partial charge is 0.324 e. The van der Waals surface area contributed by atoms with E-state index in [1.54, 1.807) is 10.6 Å². The van der Waals surface area contributed by atoms with Gasteiger partial charge in [-0.05, 0) is 18.6 Å². The SMILES string of the molecule is CC(C)(C)c1cc(NC(=O)Nc2ccc(-c3cc4nc(OCCCN5CCOCC5)ccn4n3)cc2)no1. The van der Waals surface area contributed by atoms with E-state index in [2.05, 4.69) is 30.8 Å². The van der Waals surface area contributed by atoms with Crippen molar-refractivity contribution in [3.05, 3.63) is 54.4 Å². The molecule has 1 aliphatic heterocycles. The van der Waals surface area contributed by atoms with Gasteiger partial charge < -0.3 is 19.3 Å². The molecular formula is C27H33N7O4. The van der Waals surface area contributed by atoms with Crippen LogP contribution in [0.2, 0.25) is 0 Å². The minimum Gasteiger partial charge on any atom is -0.478 e. The molecule has 2 N–H and O–H groups in total. The van der Waals surface area contributed by atoms with Gasteiger partial charge in [0.15, 0.2) is 11.5 Å². The second-order valence-corrected chi connectivity index (χ2v) is 10.2. The van der Waals surface area contributed by atoms with E-state index in [0.717, 1.165) is 50.5 Å². The van der Waals surface area contributed by atoms with E-state index in [-0.39, 0.29) is 5.41 Å². The molecule has 0 unspecified atom stereocenters. The Morgan fingerprint density at radius 1 is 1.08 bits per heavy atom. The van der Waals surface area contributed by atoms with Gasteiger partial charge in [0.2, 0.25) is 5.88 Å². The number of ether oxygens (including phenoxy) is 2. The van der Waals surface area contributed by atoms with Crippen LogP contribution in [0.25, 0.3) is 16.9 Å². The normalized spacial score (nSPS) is 14.5. The fourth-order valence-corrected chi connectivity index (χ4v) is 4.06. The van der Waals surface area contributed by atoms with Crippen molar-refractivity contribution in [1.82, 2.24) is 24.7 Å². The zero-order valence-electron chi connectivity index (χ0n) is 21.9. The van der Waals surface area contributed by atoms with Crippen molar-refractivity contribution in [3.8, 4) is 17.1 Å². The molecule has 2 amide bonds. The van der Waals surface area contributed by atoms with Crippen LogP contribution in [0, 0.1) is 0 Å². The van der Waals surface area contributed by atoms with Gasteiger partial charge in [0.05, 0.1) is 25.5 Å². The number of morpholine rings is 1. The van der Waals surface area contributed by atoms with Gasteiger partial charge >= 0.3 is 6.03 Å². The van der Waals surface area contributed by atoms with Crippen molar-refractivity contribution in [2.75, 3.05) is 50.1 Å². The van der Waals surface area contributed by atoms with Crippen molar-refractivity contribution < 1.29 is 18.8 Å². The third-order valence-corrected chi connectivity index (χ3v) is 6.20. The van der Waals surface area contributed by atoms with Gasteiger partial charge in [0.25, 0.3) is 0 Å². The molecule has 0 spiro atoms. The maximum Gasteiger partial charge on any atom is 0.324 e. The molecule has 0 bridgehead atoms. The van der Waals surface area contributed by atoms with E-state index in [1.165, 1.54) is 0 Å². The highest BCUT2D eigenvalue weighted by molar-refractivity contribution is 5.99. The van der Waals surface area contributed by atoms with Crippen LogP contribution in [0.15, 0.2) is 53.2 Å². The molecule has 11 nitrogen and oxygen atoms in total. The molecule has 0 aliphatic carbocycles. The fraction of sp³-hybridized carbons (Fsp3) is 0.407. The standard InChI is InChI=1S/C27H33N7O4/c1-27(2,3)22-18-23(32-38-22)29-26(35)28-20-7-5-19(6-8-20)21-17-24-30-25(9-11-34(24)31-21)37-14-4-10-33-12-15-36-16-13-33/h5-9,11,17-18H,4,10,12-16H2,1-3H3,(H2,28,29,32,35). The summed E-state index contributed by atoms with van der Waals surface area (Å²) >= 11 is 0. The molecule has 1 aromatic carbocycles. The molecule has 1 aliphatic rings. The number of hydrogen-bond acceptors (Lipinski definition) is 8. The third kappa shape index (κ3) is 6.48. The highest BCUT2D eigenvalue weighted by Gasteiger charge is 2.20. The van der Waals surface area contributed by atoms with Crippen LogP contribution < -0.4 is 15.4 Å². The van der Waals surface area contributed by atoms with E-state index < -0.39 is 6.03 Å². The van der Waals surface area contributed by atoms with Crippen LogP contribution >= 0.6 is 0 Å². The van der Waals surface area contributed by atoms with Gasteiger partial charge in [-0.25, -0.2) is 9.31 Å². The molecule has 0 saturated carbocycles. The predicted octanol–water partition coefficient (Wildman–Crippen LogP) is 4.43. The molecule has 4 heterocycles. The summed E-state index contributed by atoms with van der Waals surface area (Å²) in [5.41, 5.74) is 2.83. The van der Waals surface area contributed by atoms with Gasteiger partial charge in [-0.3, -0.25) is 10.2 Å². The Balaban J connectivity index is 1.15. The Morgan fingerprint density at radius 3 is 2.61 bits per heavy atom. The highest BCUT2D eigenvalue weighted by atomic mass is 16.5. The first-order valence-corrected chi connectivity index (χ1v) is 12.8. The topological polar surface area (TPSA) is 119 Å². The second-order valence-electron chi connectivity index (χ2n) is 10.2. The first-order valence-electron chi connectivity index (χ1n) is 12.8. The van der Waals surface area contributed by atoms with E-state index in [9.17, 15) is 4.79 Å². The number of carbonyl (C=O) groups excluding carboxylic acids is 1. The molecule has 4 aromatic rings. The lowest BCUT2D eigenvalue weighted by atomic mass is 9.93. The van der Waals surface area contributed by atoms with Crippen LogP contribution in [0.3, 0.4) is 0 Å². The first-order chi connectivity index (χ1) is 18.3. The van der Waals surface area contributed by atoms with Gasteiger partial charge in [-0.15, -0.1) is 0 Å². The number of urea groups is 1. The van der Waals surface area contributed by atoms with Crippen molar-refractivity contribution in [2.24, 2.45) is 0 Å². The Labute approximate surface area is 221 Å². The number of carbonyl (C=O) groups is 1. The number of amides is 2. The quantitative estimate of drug-likeness (QED) is 0.328. The number of aromatic nitrogens is 4. The Morgan fingerprint density at radius 2 is 1.87 bits per heavy atom. The summed E-state index contributed by atoms with van der Waals surface area (Å²) in [7, 11) is 0. The molecule has 11 heteroatoms. The molecule has 38 heavy (non-hydrogen) atoms. The summed E-state index contributed by atoms with van der Waals surface area (Å²) in [6.07, 6.45) is 2.78. The molecule has 1 saturated heterocycles. The summed E-state index contributed by atoms with van der Waals surface area (Å²) in [4.78, 5) is 19.3. The number of nitrogens with one attached hydrogen (secondary N) is 2. The fourth-order valence-electron chi connectivity index (χ4n) is 4.06. The maximum absolute atomic E-state index is 12.4. The monoisotopic (exact) mass is 519 g/mol. The van der Waals surface area contributed by atoms with Crippen molar-refractivity contribution >= 4 is 23.2 Å². The highest BCUT2D eigenvalue weighted by Crippen LogP contribution is 2.25. The zero-order valence-corrected chi connectivity index (χ0v) is 21.9. The van der Waals surface area contributed by atoms with Gasteiger partial charge in [-0.1, -0.05) is 38.1 Å². The van der Waals surface area contributed by atoms with Gasteiger partial charge in [-0.2, -0.15) is 10.1 Å². The predicted molar refractivity (Wildman–Crippen MR) is 144 cm³/mol.